The predicted molar refractivity (Wildman–Crippen MR) is 53.5 cm³/mol. The summed E-state index contributed by atoms with van der Waals surface area (Å²) in [5, 5.41) is 0.721. The summed E-state index contributed by atoms with van der Waals surface area (Å²) in [7, 11) is 0. The molecule has 1 heterocycles. The number of aliphatic imine (C=N–C) groups is 1. The fourth-order valence-electron chi connectivity index (χ4n) is 1.32. The van der Waals surface area contributed by atoms with Gasteiger partial charge >= 0.3 is 0 Å². The molecule has 2 rings (SSSR count). The van der Waals surface area contributed by atoms with Crippen molar-refractivity contribution in [3.63, 3.8) is 0 Å². The maximum atomic E-state index is 5.88. The number of rotatable bonds is 1. The molecule has 0 fully saturated rings. The molecule has 0 saturated heterocycles. The molecule has 1 aliphatic rings. The molecule has 0 unspecified atom stereocenters. The van der Waals surface area contributed by atoms with Gasteiger partial charge in [0.2, 0.25) is 5.90 Å². The average molecular weight is 196 g/mol. The first-order chi connectivity index (χ1) is 6.27. The Labute approximate surface area is 82.2 Å². The number of halogens is 1. The highest BCUT2D eigenvalue weighted by Crippen LogP contribution is 2.18. The van der Waals surface area contributed by atoms with Crippen molar-refractivity contribution >= 4 is 17.5 Å². The Kier molecular flexibility index (Phi) is 2.23. The van der Waals surface area contributed by atoms with Gasteiger partial charge in [0, 0.05) is 10.6 Å². The zero-order valence-corrected chi connectivity index (χ0v) is 8.14. The second-order valence-electron chi connectivity index (χ2n) is 2.99. The summed E-state index contributed by atoms with van der Waals surface area (Å²) in [4.78, 5) is 4.24. The highest BCUT2D eigenvalue weighted by molar-refractivity contribution is 6.31. The summed E-state index contributed by atoms with van der Waals surface area (Å²) in [5.74, 6) is 0.722. The normalized spacial score (nSPS) is 15.4. The minimum Gasteiger partial charge on any atom is -0.476 e. The number of aryl methyl sites for hydroxylation is 1. The van der Waals surface area contributed by atoms with Gasteiger partial charge in [-0.1, -0.05) is 17.7 Å². The Bertz CT molecular complexity index is 360. The third-order valence-electron chi connectivity index (χ3n) is 2.02. The van der Waals surface area contributed by atoms with Gasteiger partial charge in [0.1, 0.15) is 6.61 Å². The SMILES string of the molecule is Cc1ccc(Cl)cc1C1=NCCO1. The Morgan fingerprint density at radius 1 is 1.46 bits per heavy atom. The van der Waals surface area contributed by atoms with Crippen LogP contribution >= 0.6 is 11.6 Å². The number of benzene rings is 1. The Morgan fingerprint density at radius 3 is 3.00 bits per heavy atom. The topological polar surface area (TPSA) is 21.6 Å². The summed E-state index contributed by atoms with van der Waals surface area (Å²) in [5.41, 5.74) is 2.15. The van der Waals surface area contributed by atoms with Gasteiger partial charge in [0.15, 0.2) is 0 Å². The van der Waals surface area contributed by atoms with Crippen molar-refractivity contribution in [1.29, 1.82) is 0 Å². The van der Waals surface area contributed by atoms with Crippen molar-refractivity contribution in [1.82, 2.24) is 0 Å². The lowest BCUT2D eigenvalue weighted by atomic mass is 10.1. The van der Waals surface area contributed by atoms with E-state index in [9.17, 15) is 0 Å². The summed E-state index contributed by atoms with van der Waals surface area (Å²) in [6, 6.07) is 5.73. The van der Waals surface area contributed by atoms with Crippen LogP contribution in [0, 0.1) is 6.92 Å². The first kappa shape index (κ1) is 8.57. The number of hydrogen-bond acceptors (Lipinski definition) is 2. The molecular formula is C10H10ClNO. The largest absolute Gasteiger partial charge is 0.476 e. The average Bonchev–Trinajstić information content (AvgIpc) is 2.61. The summed E-state index contributed by atoms with van der Waals surface area (Å²) < 4.78 is 5.37. The van der Waals surface area contributed by atoms with Gasteiger partial charge < -0.3 is 4.74 Å². The molecule has 0 saturated carbocycles. The van der Waals surface area contributed by atoms with Crippen LogP contribution in [-0.4, -0.2) is 19.0 Å². The first-order valence-electron chi connectivity index (χ1n) is 4.21. The van der Waals surface area contributed by atoms with E-state index in [1.807, 2.05) is 25.1 Å². The second kappa shape index (κ2) is 3.38. The van der Waals surface area contributed by atoms with Crippen LogP contribution < -0.4 is 0 Å². The standard InChI is InChI=1S/C10H10ClNO/c1-7-2-3-8(11)6-9(7)10-12-4-5-13-10/h2-3,6H,4-5H2,1H3. The molecule has 1 aliphatic heterocycles. The van der Waals surface area contributed by atoms with E-state index in [0.29, 0.717) is 6.61 Å². The van der Waals surface area contributed by atoms with Gasteiger partial charge in [-0.05, 0) is 24.6 Å². The molecule has 0 bridgehead atoms. The van der Waals surface area contributed by atoms with Crippen LogP contribution in [0.2, 0.25) is 5.02 Å². The molecule has 0 aliphatic carbocycles. The fraction of sp³-hybridized carbons (Fsp3) is 0.300. The molecule has 0 spiro atoms. The molecule has 0 amide bonds. The molecule has 13 heavy (non-hydrogen) atoms. The summed E-state index contributed by atoms with van der Waals surface area (Å²) in [6.45, 7) is 3.46. The van der Waals surface area contributed by atoms with E-state index < -0.39 is 0 Å². The molecule has 0 atom stereocenters. The van der Waals surface area contributed by atoms with Crippen LogP contribution in [0.4, 0.5) is 0 Å². The maximum absolute atomic E-state index is 5.88. The number of hydrogen-bond donors (Lipinski definition) is 0. The van der Waals surface area contributed by atoms with E-state index in [4.69, 9.17) is 16.3 Å². The molecule has 1 aromatic carbocycles. The van der Waals surface area contributed by atoms with Gasteiger partial charge in [-0.25, -0.2) is 4.99 Å². The van der Waals surface area contributed by atoms with E-state index in [-0.39, 0.29) is 0 Å². The van der Waals surface area contributed by atoms with E-state index in [0.717, 1.165) is 28.6 Å². The van der Waals surface area contributed by atoms with Crippen molar-refractivity contribution in [3.8, 4) is 0 Å². The van der Waals surface area contributed by atoms with Gasteiger partial charge in [-0.15, -0.1) is 0 Å². The van der Waals surface area contributed by atoms with Crippen LogP contribution in [0.3, 0.4) is 0 Å². The van der Waals surface area contributed by atoms with Crippen LogP contribution in [-0.2, 0) is 4.74 Å². The van der Waals surface area contributed by atoms with Crippen LogP contribution in [0.1, 0.15) is 11.1 Å². The zero-order valence-electron chi connectivity index (χ0n) is 7.38. The molecule has 0 aromatic heterocycles. The smallest absolute Gasteiger partial charge is 0.216 e. The quantitative estimate of drug-likeness (QED) is 0.675. The maximum Gasteiger partial charge on any atom is 0.216 e. The van der Waals surface area contributed by atoms with E-state index >= 15 is 0 Å². The van der Waals surface area contributed by atoms with Crippen molar-refractivity contribution in [2.45, 2.75) is 6.92 Å². The van der Waals surface area contributed by atoms with Crippen molar-refractivity contribution in [2.75, 3.05) is 13.2 Å². The minimum atomic E-state index is 0.682. The Morgan fingerprint density at radius 2 is 2.31 bits per heavy atom. The molecule has 2 nitrogen and oxygen atoms in total. The van der Waals surface area contributed by atoms with Crippen molar-refractivity contribution < 1.29 is 4.74 Å². The minimum absolute atomic E-state index is 0.682. The fourth-order valence-corrected chi connectivity index (χ4v) is 1.49. The molecule has 1 aromatic rings. The molecule has 68 valence electrons. The van der Waals surface area contributed by atoms with Gasteiger partial charge in [-0.3, -0.25) is 0 Å². The molecule has 0 N–H and O–H groups in total. The number of nitrogens with zero attached hydrogens (tertiary/aromatic N) is 1. The van der Waals surface area contributed by atoms with Crippen molar-refractivity contribution in [3.05, 3.63) is 34.3 Å². The lowest BCUT2D eigenvalue weighted by molar-refractivity contribution is 0.348. The van der Waals surface area contributed by atoms with Crippen molar-refractivity contribution in [2.24, 2.45) is 4.99 Å². The second-order valence-corrected chi connectivity index (χ2v) is 3.43. The summed E-state index contributed by atoms with van der Waals surface area (Å²) >= 11 is 5.88. The van der Waals surface area contributed by atoms with Gasteiger partial charge in [-0.2, -0.15) is 0 Å². The lowest BCUT2D eigenvalue weighted by Crippen LogP contribution is -2.03. The van der Waals surface area contributed by atoms with E-state index in [1.54, 1.807) is 0 Å². The zero-order chi connectivity index (χ0) is 9.26. The Balaban J connectivity index is 2.43. The number of ether oxygens (including phenoxy) is 1. The third kappa shape index (κ3) is 1.68. The highest BCUT2D eigenvalue weighted by Gasteiger charge is 2.12. The molecule has 3 heteroatoms. The predicted octanol–water partition coefficient (Wildman–Crippen LogP) is 2.43. The van der Waals surface area contributed by atoms with Crippen LogP contribution in [0.5, 0.6) is 0 Å². The third-order valence-corrected chi connectivity index (χ3v) is 2.25. The lowest BCUT2D eigenvalue weighted by Gasteiger charge is -2.05. The van der Waals surface area contributed by atoms with Crippen LogP contribution in [0.15, 0.2) is 23.2 Å². The van der Waals surface area contributed by atoms with Gasteiger partial charge in [0.25, 0.3) is 0 Å². The molecule has 0 radical (unpaired) electrons. The first-order valence-corrected chi connectivity index (χ1v) is 4.59. The van der Waals surface area contributed by atoms with E-state index in [2.05, 4.69) is 4.99 Å². The van der Waals surface area contributed by atoms with Gasteiger partial charge in [0.05, 0.1) is 6.54 Å². The molecular weight excluding hydrogens is 186 g/mol. The van der Waals surface area contributed by atoms with Crippen LogP contribution in [0.25, 0.3) is 0 Å². The Hall–Kier alpha value is -1.02. The highest BCUT2D eigenvalue weighted by atomic mass is 35.5. The monoisotopic (exact) mass is 195 g/mol. The summed E-state index contributed by atoms with van der Waals surface area (Å²) in [6.07, 6.45) is 0. The van der Waals surface area contributed by atoms with E-state index in [1.165, 1.54) is 0 Å².